The van der Waals surface area contributed by atoms with Gasteiger partial charge in [-0.25, -0.2) is 9.78 Å². The van der Waals surface area contributed by atoms with Crippen LogP contribution in [0.2, 0.25) is 0 Å². The van der Waals surface area contributed by atoms with Crippen LogP contribution in [-0.4, -0.2) is 23.6 Å². The zero-order valence-electron chi connectivity index (χ0n) is 8.34. The lowest BCUT2D eigenvalue weighted by Crippen LogP contribution is -2.26. The zero-order chi connectivity index (χ0) is 9.97. The third-order valence-corrected chi connectivity index (χ3v) is 2.78. The third-order valence-electron chi connectivity index (χ3n) is 2.78. The molecular weight excluding hydrogens is 178 g/mol. The number of aromatic amines is 1. The number of fused-ring (bicyclic) bond motifs is 1. The maximum Gasteiger partial charge on any atom is 0.345 e. The molecule has 4 nitrogen and oxygen atoms in total. The molecule has 0 bridgehead atoms. The molecule has 1 aromatic heterocycles. The van der Waals surface area contributed by atoms with E-state index in [4.69, 9.17) is 0 Å². The first-order chi connectivity index (χ1) is 6.81. The highest BCUT2D eigenvalue weighted by molar-refractivity contribution is 5.23. The topological polar surface area (TPSA) is 57.8 Å². The van der Waals surface area contributed by atoms with Crippen LogP contribution >= 0.6 is 0 Å². The van der Waals surface area contributed by atoms with Crippen molar-refractivity contribution in [1.82, 2.24) is 15.3 Å². The third kappa shape index (κ3) is 1.70. The van der Waals surface area contributed by atoms with Crippen LogP contribution in [0.3, 0.4) is 0 Å². The summed E-state index contributed by atoms with van der Waals surface area (Å²) in [6, 6.07) is 0. The Balaban J connectivity index is 2.36. The van der Waals surface area contributed by atoms with Crippen molar-refractivity contribution in [3.8, 4) is 0 Å². The Morgan fingerprint density at radius 3 is 3.36 bits per heavy atom. The number of hydrogen-bond acceptors (Lipinski definition) is 3. The Hall–Kier alpha value is -1.16. The molecule has 0 amide bonds. The van der Waals surface area contributed by atoms with Gasteiger partial charge in [-0.2, -0.15) is 0 Å². The van der Waals surface area contributed by atoms with Crippen molar-refractivity contribution in [1.29, 1.82) is 0 Å². The van der Waals surface area contributed by atoms with Crippen LogP contribution in [0, 0.1) is 0 Å². The number of aromatic nitrogens is 2. The fraction of sp³-hybridized carbons (Fsp3) is 0.600. The maximum absolute atomic E-state index is 11.1. The first-order valence-electron chi connectivity index (χ1n) is 5.04. The minimum absolute atomic E-state index is 0.230. The molecule has 0 saturated carbocycles. The van der Waals surface area contributed by atoms with Gasteiger partial charge in [0.15, 0.2) is 0 Å². The molecule has 76 valence electrons. The monoisotopic (exact) mass is 193 g/mol. The second kappa shape index (κ2) is 3.92. The molecule has 1 aliphatic rings. The van der Waals surface area contributed by atoms with Crippen LogP contribution in [-0.2, 0) is 6.42 Å². The molecule has 0 saturated heterocycles. The summed E-state index contributed by atoms with van der Waals surface area (Å²) in [6.45, 7) is 0.924. The highest BCUT2D eigenvalue weighted by Gasteiger charge is 2.20. The van der Waals surface area contributed by atoms with Crippen LogP contribution < -0.4 is 11.0 Å². The number of H-pyrrole nitrogens is 1. The van der Waals surface area contributed by atoms with E-state index in [1.807, 2.05) is 7.05 Å². The summed E-state index contributed by atoms with van der Waals surface area (Å²) >= 11 is 0. The van der Waals surface area contributed by atoms with E-state index in [0.29, 0.717) is 5.92 Å². The molecule has 1 atom stereocenters. The van der Waals surface area contributed by atoms with Gasteiger partial charge in [-0.05, 0) is 31.9 Å². The molecule has 2 N–H and O–H groups in total. The molecule has 1 unspecified atom stereocenters. The van der Waals surface area contributed by atoms with E-state index in [1.54, 1.807) is 6.20 Å². The van der Waals surface area contributed by atoms with Crippen molar-refractivity contribution in [2.24, 2.45) is 0 Å². The normalized spacial score (nSPS) is 20.5. The number of nitrogens with zero attached hydrogens (tertiary/aromatic N) is 1. The van der Waals surface area contributed by atoms with Crippen molar-refractivity contribution >= 4 is 0 Å². The Morgan fingerprint density at radius 2 is 2.57 bits per heavy atom. The molecule has 1 aromatic rings. The predicted molar refractivity (Wildman–Crippen MR) is 54.5 cm³/mol. The maximum atomic E-state index is 11.1. The number of aryl methyl sites for hydroxylation is 1. The van der Waals surface area contributed by atoms with Gasteiger partial charge in [0.1, 0.15) is 0 Å². The molecule has 1 aliphatic carbocycles. The van der Waals surface area contributed by atoms with Gasteiger partial charge in [-0.3, -0.25) is 0 Å². The van der Waals surface area contributed by atoms with E-state index in [9.17, 15) is 4.79 Å². The van der Waals surface area contributed by atoms with E-state index < -0.39 is 0 Å². The molecule has 4 heteroatoms. The van der Waals surface area contributed by atoms with Gasteiger partial charge in [-0.15, -0.1) is 0 Å². The molecule has 0 radical (unpaired) electrons. The smallest absolute Gasteiger partial charge is 0.319 e. The van der Waals surface area contributed by atoms with Crippen molar-refractivity contribution in [3.63, 3.8) is 0 Å². The van der Waals surface area contributed by atoms with E-state index >= 15 is 0 Å². The minimum Gasteiger partial charge on any atom is -0.319 e. The molecule has 14 heavy (non-hydrogen) atoms. The quantitative estimate of drug-likeness (QED) is 0.715. The second-order valence-corrected chi connectivity index (χ2v) is 3.77. The van der Waals surface area contributed by atoms with Crippen molar-refractivity contribution in [2.45, 2.75) is 25.2 Å². The predicted octanol–water partition coefficient (Wildman–Crippen LogP) is 0.409. The van der Waals surface area contributed by atoms with Crippen molar-refractivity contribution in [3.05, 3.63) is 27.9 Å². The Labute approximate surface area is 82.8 Å². The van der Waals surface area contributed by atoms with Gasteiger partial charge in [-0.1, -0.05) is 0 Å². The number of likely N-dealkylation sites (N-methyl/N-ethyl adjacent to an activating group) is 1. The largest absolute Gasteiger partial charge is 0.345 e. The molecular formula is C10H15N3O. The van der Waals surface area contributed by atoms with Gasteiger partial charge in [0.05, 0.1) is 0 Å². The summed E-state index contributed by atoms with van der Waals surface area (Å²) in [5.74, 6) is 0.444. The van der Waals surface area contributed by atoms with Crippen LogP contribution in [0.1, 0.15) is 30.0 Å². The van der Waals surface area contributed by atoms with Crippen molar-refractivity contribution in [2.75, 3.05) is 13.6 Å². The van der Waals surface area contributed by atoms with Crippen LogP contribution in [0.4, 0.5) is 0 Å². The molecule has 2 rings (SSSR count). The first kappa shape index (κ1) is 9.40. The average molecular weight is 193 g/mol. The highest BCUT2D eigenvalue weighted by Crippen LogP contribution is 2.27. The number of rotatable bonds is 2. The Bertz CT molecular complexity index is 372. The number of nitrogens with one attached hydrogen (secondary N) is 2. The van der Waals surface area contributed by atoms with Crippen molar-refractivity contribution < 1.29 is 0 Å². The fourth-order valence-electron chi connectivity index (χ4n) is 2.13. The second-order valence-electron chi connectivity index (χ2n) is 3.77. The lowest BCUT2D eigenvalue weighted by molar-refractivity contribution is 0.511. The minimum atomic E-state index is -0.230. The SMILES string of the molecule is CNCC1CCCc2cnc(=O)[nH]c21. The highest BCUT2D eigenvalue weighted by atomic mass is 16.1. The molecule has 0 fully saturated rings. The van der Waals surface area contributed by atoms with Crippen LogP contribution in [0.5, 0.6) is 0 Å². The number of hydrogen-bond donors (Lipinski definition) is 2. The lowest BCUT2D eigenvalue weighted by Gasteiger charge is -2.23. The Morgan fingerprint density at radius 1 is 1.71 bits per heavy atom. The van der Waals surface area contributed by atoms with E-state index in [2.05, 4.69) is 15.3 Å². The average Bonchev–Trinajstić information content (AvgIpc) is 2.19. The lowest BCUT2D eigenvalue weighted by atomic mass is 9.87. The summed E-state index contributed by atoms with van der Waals surface area (Å²) in [6.07, 6.45) is 5.09. The fourth-order valence-corrected chi connectivity index (χ4v) is 2.13. The van der Waals surface area contributed by atoms with Gasteiger partial charge >= 0.3 is 5.69 Å². The summed E-state index contributed by atoms with van der Waals surface area (Å²) in [5, 5.41) is 3.16. The van der Waals surface area contributed by atoms with Gasteiger partial charge in [0.25, 0.3) is 0 Å². The van der Waals surface area contributed by atoms with E-state index in [-0.39, 0.29) is 5.69 Å². The first-order valence-corrected chi connectivity index (χ1v) is 5.04. The standard InChI is InChI=1S/C10H15N3O/c1-11-5-7-3-2-4-8-6-12-10(14)13-9(7)8/h6-7,11H,2-5H2,1H3,(H,12,13,14). The summed E-state index contributed by atoms with van der Waals surface area (Å²) < 4.78 is 0. The van der Waals surface area contributed by atoms with Gasteiger partial charge in [0, 0.05) is 24.4 Å². The summed E-state index contributed by atoms with van der Waals surface area (Å²) in [4.78, 5) is 17.7. The van der Waals surface area contributed by atoms with Crippen LogP contribution in [0.25, 0.3) is 0 Å². The van der Waals surface area contributed by atoms with E-state index in [0.717, 1.165) is 25.1 Å². The summed E-state index contributed by atoms with van der Waals surface area (Å²) in [7, 11) is 1.94. The van der Waals surface area contributed by atoms with Gasteiger partial charge in [0.2, 0.25) is 0 Å². The van der Waals surface area contributed by atoms with Crippen LogP contribution in [0.15, 0.2) is 11.0 Å². The zero-order valence-corrected chi connectivity index (χ0v) is 8.34. The van der Waals surface area contributed by atoms with E-state index in [1.165, 1.54) is 12.0 Å². The summed E-state index contributed by atoms with van der Waals surface area (Å²) in [5.41, 5.74) is 2.06. The van der Waals surface area contributed by atoms with Gasteiger partial charge < -0.3 is 10.3 Å². The molecule has 0 aliphatic heterocycles. The molecule has 1 heterocycles. The Kier molecular flexibility index (Phi) is 2.63. The molecule has 0 aromatic carbocycles. The molecule has 0 spiro atoms.